The summed E-state index contributed by atoms with van der Waals surface area (Å²) in [4.78, 5) is 16.8. The Hall–Kier alpha value is -2.88. The van der Waals surface area contributed by atoms with Gasteiger partial charge < -0.3 is 4.74 Å². The zero-order valence-corrected chi connectivity index (χ0v) is 15.9. The van der Waals surface area contributed by atoms with Crippen LogP contribution in [0.1, 0.15) is 31.9 Å². The van der Waals surface area contributed by atoms with Crippen LogP contribution in [0.15, 0.2) is 48.5 Å². The molecule has 0 radical (unpaired) electrons. The summed E-state index contributed by atoms with van der Waals surface area (Å²) in [5.41, 5.74) is 5.27. The molecule has 4 heteroatoms. The van der Waals surface area contributed by atoms with Gasteiger partial charge in [-0.15, -0.1) is 0 Å². The molecule has 0 atom stereocenters. The molecule has 0 unspecified atom stereocenters. The van der Waals surface area contributed by atoms with Crippen LogP contribution < -0.4 is 5.32 Å². The monoisotopic (exact) mass is 348 g/mol. The van der Waals surface area contributed by atoms with E-state index in [0.29, 0.717) is 0 Å². The molecule has 1 aromatic heterocycles. The number of nitrogens with zero attached hydrogens (tertiary/aromatic N) is 1. The summed E-state index contributed by atoms with van der Waals surface area (Å²) in [5, 5.41) is 3.94. The van der Waals surface area contributed by atoms with Crippen molar-refractivity contribution in [3.05, 3.63) is 59.7 Å². The van der Waals surface area contributed by atoms with Gasteiger partial charge >= 0.3 is 6.09 Å². The van der Waals surface area contributed by atoms with Crippen LogP contribution in [0.4, 0.5) is 10.5 Å². The number of benzene rings is 2. The molecule has 0 spiro atoms. The van der Waals surface area contributed by atoms with Crippen LogP contribution in [-0.4, -0.2) is 16.7 Å². The average Bonchev–Trinajstić information content (AvgIpc) is 2.55. The maximum Gasteiger partial charge on any atom is 0.412 e. The van der Waals surface area contributed by atoms with Gasteiger partial charge in [0.2, 0.25) is 0 Å². The van der Waals surface area contributed by atoms with Gasteiger partial charge in [-0.05, 0) is 63.9 Å². The summed E-state index contributed by atoms with van der Waals surface area (Å²) in [6.45, 7) is 9.56. The molecule has 0 aliphatic heterocycles. The minimum Gasteiger partial charge on any atom is -0.444 e. The predicted molar refractivity (Wildman–Crippen MR) is 107 cm³/mol. The number of hydrogen-bond donors (Lipinski definition) is 1. The lowest BCUT2D eigenvalue weighted by molar-refractivity contribution is 0.0636. The number of hydrogen-bond acceptors (Lipinski definition) is 3. The van der Waals surface area contributed by atoms with Crippen molar-refractivity contribution in [2.45, 2.75) is 40.2 Å². The van der Waals surface area contributed by atoms with Crippen LogP contribution in [0.2, 0.25) is 0 Å². The highest BCUT2D eigenvalue weighted by Crippen LogP contribution is 2.26. The smallest absolute Gasteiger partial charge is 0.412 e. The second kappa shape index (κ2) is 6.79. The highest BCUT2D eigenvalue weighted by Gasteiger charge is 2.17. The average molecular weight is 348 g/mol. The molecule has 0 saturated carbocycles. The molecule has 0 aliphatic carbocycles. The van der Waals surface area contributed by atoms with Crippen LogP contribution in [0, 0.1) is 13.8 Å². The zero-order valence-electron chi connectivity index (χ0n) is 15.9. The summed E-state index contributed by atoms with van der Waals surface area (Å²) >= 11 is 0. The molecule has 2 aromatic carbocycles. The van der Waals surface area contributed by atoms with Gasteiger partial charge in [0, 0.05) is 16.6 Å². The summed E-state index contributed by atoms with van der Waals surface area (Å²) < 4.78 is 5.31. The second-order valence-corrected chi connectivity index (χ2v) is 7.50. The van der Waals surface area contributed by atoms with E-state index in [4.69, 9.17) is 9.72 Å². The normalized spacial score (nSPS) is 11.4. The molecule has 0 saturated heterocycles. The number of carbonyl (C=O) groups is 1. The Labute approximate surface area is 154 Å². The second-order valence-electron chi connectivity index (χ2n) is 7.50. The minimum absolute atomic E-state index is 0.451. The van der Waals surface area contributed by atoms with Crippen molar-refractivity contribution in [1.29, 1.82) is 0 Å². The Balaban J connectivity index is 1.88. The van der Waals surface area contributed by atoms with E-state index in [1.807, 2.05) is 58.0 Å². The highest BCUT2D eigenvalue weighted by molar-refractivity contribution is 5.87. The first-order valence-corrected chi connectivity index (χ1v) is 8.70. The number of fused-ring (bicyclic) bond motifs is 1. The number of anilines is 1. The maximum atomic E-state index is 12.0. The number of ether oxygens (including phenoxy) is 1. The minimum atomic E-state index is -0.523. The van der Waals surface area contributed by atoms with E-state index in [0.717, 1.165) is 39.0 Å². The molecule has 3 rings (SSSR count). The highest BCUT2D eigenvalue weighted by atomic mass is 16.6. The van der Waals surface area contributed by atoms with Crippen molar-refractivity contribution in [3.8, 4) is 11.3 Å². The molecule has 0 bridgehead atoms. The molecular weight excluding hydrogens is 324 g/mol. The molecule has 1 heterocycles. The van der Waals surface area contributed by atoms with Crippen molar-refractivity contribution < 1.29 is 9.53 Å². The molecule has 26 heavy (non-hydrogen) atoms. The summed E-state index contributed by atoms with van der Waals surface area (Å²) in [5.74, 6) is 0. The number of nitrogens with one attached hydrogen (secondary N) is 1. The maximum absolute atomic E-state index is 12.0. The largest absolute Gasteiger partial charge is 0.444 e. The predicted octanol–water partition coefficient (Wildman–Crippen LogP) is 5.87. The SMILES string of the molecule is Cc1cc(-c2ccc3cccc(C)c3n2)ccc1NC(=O)OC(C)(C)C. The fourth-order valence-electron chi connectivity index (χ4n) is 2.83. The third kappa shape index (κ3) is 4.02. The molecule has 0 fully saturated rings. The first kappa shape index (κ1) is 17.9. The van der Waals surface area contributed by atoms with Crippen molar-refractivity contribution in [3.63, 3.8) is 0 Å². The van der Waals surface area contributed by atoms with Gasteiger partial charge in [-0.25, -0.2) is 9.78 Å². The molecule has 3 aromatic rings. The molecule has 4 nitrogen and oxygen atoms in total. The lowest BCUT2D eigenvalue weighted by Crippen LogP contribution is -2.27. The van der Waals surface area contributed by atoms with E-state index >= 15 is 0 Å². The van der Waals surface area contributed by atoms with Crippen molar-refractivity contribution in [2.24, 2.45) is 0 Å². The van der Waals surface area contributed by atoms with Gasteiger partial charge in [0.1, 0.15) is 5.60 Å². The van der Waals surface area contributed by atoms with E-state index in [2.05, 4.69) is 30.4 Å². The molecule has 134 valence electrons. The summed E-state index contributed by atoms with van der Waals surface area (Å²) in [6.07, 6.45) is -0.451. The first-order valence-electron chi connectivity index (χ1n) is 8.70. The Kier molecular flexibility index (Phi) is 4.68. The lowest BCUT2D eigenvalue weighted by Gasteiger charge is -2.20. The van der Waals surface area contributed by atoms with Gasteiger partial charge in [0.05, 0.1) is 11.2 Å². The van der Waals surface area contributed by atoms with E-state index in [1.54, 1.807) is 0 Å². The molecule has 0 aliphatic rings. The third-order valence-corrected chi connectivity index (χ3v) is 4.08. The number of amides is 1. The Morgan fingerprint density at radius 3 is 2.46 bits per heavy atom. The summed E-state index contributed by atoms with van der Waals surface area (Å²) in [6, 6.07) is 16.2. The number of rotatable bonds is 2. The van der Waals surface area contributed by atoms with Crippen LogP contribution in [-0.2, 0) is 4.74 Å². The van der Waals surface area contributed by atoms with Crippen molar-refractivity contribution in [2.75, 3.05) is 5.32 Å². The standard InChI is InChI=1S/C22H24N2O2/c1-14-7-6-8-16-9-12-19(23-20(14)16)17-10-11-18(15(2)13-17)24-21(25)26-22(3,4)5/h6-13H,1-5H3,(H,24,25). The van der Waals surface area contributed by atoms with Crippen LogP contribution in [0.3, 0.4) is 0 Å². The number of pyridine rings is 1. The van der Waals surface area contributed by atoms with Crippen LogP contribution >= 0.6 is 0 Å². The zero-order chi connectivity index (χ0) is 18.9. The third-order valence-electron chi connectivity index (χ3n) is 4.08. The quantitative estimate of drug-likeness (QED) is 0.630. The number of carbonyl (C=O) groups excluding carboxylic acids is 1. The fraction of sp³-hybridized carbons (Fsp3) is 0.273. The number of aromatic nitrogens is 1. The van der Waals surface area contributed by atoms with Gasteiger partial charge in [0.25, 0.3) is 0 Å². The van der Waals surface area contributed by atoms with Gasteiger partial charge in [-0.3, -0.25) is 5.32 Å². The van der Waals surface area contributed by atoms with E-state index < -0.39 is 11.7 Å². The fourth-order valence-corrected chi connectivity index (χ4v) is 2.83. The Morgan fingerprint density at radius 1 is 1.00 bits per heavy atom. The molecule has 1 N–H and O–H groups in total. The number of para-hydroxylation sites is 1. The molecular formula is C22H24N2O2. The van der Waals surface area contributed by atoms with Gasteiger partial charge in [-0.1, -0.05) is 30.3 Å². The van der Waals surface area contributed by atoms with Gasteiger partial charge in [-0.2, -0.15) is 0 Å². The summed E-state index contributed by atoms with van der Waals surface area (Å²) in [7, 11) is 0. The van der Waals surface area contributed by atoms with Crippen molar-refractivity contribution >= 4 is 22.7 Å². The van der Waals surface area contributed by atoms with Gasteiger partial charge in [0.15, 0.2) is 0 Å². The van der Waals surface area contributed by atoms with E-state index in [9.17, 15) is 4.79 Å². The van der Waals surface area contributed by atoms with Crippen LogP contribution in [0.25, 0.3) is 22.2 Å². The lowest BCUT2D eigenvalue weighted by atomic mass is 10.0. The Bertz CT molecular complexity index is 972. The van der Waals surface area contributed by atoms with E-state index in [-0.39, 0.29) is 0 Å². The van der Waals surface area contributed by atoms with Crippen LogP contribution in [0.5, 0.6) is 0 Å². The topological polar surface area (TPSA) is 51.2 Å². The van der Waals surface area contributed by atoms with Crippen molar-refractivity contribution in [1.82, 2.24) is 4.98 Å². The first-order chi connectivity index (χ1) is 12.2. The Morgan fingerprint density at radius 2 is 1.77 bits per heavy atom. The number of aryl methyl sites for hydroxylation is 2. The van der Waals surface area contributed by atoms with E-state index in [1.165, 1.54) is 0 Å². The molecule has 1 amide bonds.